The lowest BCUT2D eigenvalue weighted by molar-refractivity contribution is 0.994. The molecule has 1 aliphatic heterocycles. The van der Waals surface area contributed by atoms with Gasteiger partial charge in [0.1, 0.15) is 8.24 Å². The van der Waals surface area contributed by atoms with Crippen molar-refractivity contribution < 1.29 is 0 Å². The van der Waals surface area contributed by atoms with E-state index in [9.17, 15) is 0 Å². The average Bonchev–Trinajstić information content (AvgIpc) is 2.34. The van der Waals surface area contributed by atoms with Crippen LogP contribution >= 0.6 is 20.1 Å². The van der Waals surface area contributed by atoms with Crippen molar-refractivity contribution in [2.75, 3.05) is 0 Å². The lowest BCUT2D eigenvalue weighted by Crippen LogP contribution is -2.55. The Kier molecular flexibility index (Phi) is 4.87. The Morgan fingerprint density at radius 2 is 1.87 bits per heavy atom. The van der Waals surface area contributed by atoms with Gasteiger partial charge in [0.2, 0.25) is 6.85 Å². The Balaban J connectivity index is 3.14. The smallest absolute Gasteiger partial charge is 0.417 e. The van der Waals surface area contributed by atoms with Gasteiger partial charge in [-0.05, 0) is 13.3 Å². The predicted octanol–water partition coefficient (Wildman–Crippen LogP) is 3.79. The molecule has 0 aromatic rings. The second-order valence-corrected chi connectivity index (χ2v) is 13.8. The van der Waals surface area contributed by atoms with Gasteiger partial charge in [-0.15, -0.1) is 0 Å². The highest BCUT2D eigenvalue weighted by Gasteiger charge is 2.50. The number of hydrogen-bond acceptors (Lipinski definition) is 1. The third-order valence-electron chi connectivity index (χ3n) is 3.76. The molecule has 0 saturated heterocycles. The van der Waals surface area contributed by atoms with Crippen LogP contribution in [0.4, 0.5) is 0 Å². The molecule has 0 amide bonds. The Morgan fingerprint density at radius 3 is 2.20 bits per heavy atom. The summed E-state index contributed by atoms with van der Waals surface area (Å²) in [6, 6.07) is 0. The first kappa shape index (κ1) is 14.2. The minimum atomic E-state index is -1.72. The maximum Gasteiger partial charge on any atom is 0.613 e. The lowest BCUT2D eigenvalue weighted by Gasteiger charge is -2.36. The SMILES string of the molecule is CCB1C(CC)=C(C)[Si](C)(C)[N]1[Al]([Cl])[Cl]. The monoisotopic (exact) mass is 277 g/mol. The largest absolute Gasteiger partial charge is 0.613 e. The van der Waals surface area contributed by atoms with E-state index in [1.807, 2.05) is 0 Å². The zero-order valence-corrected chi connectivity index (χ0v) is 13.9. The van der Waals surface area contributed by atoms with Crippen molar-refractivity contribution in [3.63, 3.8) is 0 Å². The highest BCUT2D eigenvalue weighted by atomic mass is 35.7. The van der Waals surface area contributed by atoms with Gasteiger partial charge >= 0.3 is 12.5 Å². The molecule has 0 spiro atoms. The van der Waals surface area contributed by atoms with E-state index in [2.05, 4.69) is 37.3 Å². The summed E-state index contributed by atoms with van der Waals surface area (Å²) in [5.74, 6) is 0. The van der Waals surface area contributed by atoms with Gasteiger partial charge in [0.15, 0.2) is 0 Å². The fraction of sp³-hybridized carbons (Fsp3) is 0.778. The van der Waals surface area contributed by atoms with E-state index < -0.39 is 20.8 Å². The molecule has 0 fully saturated rings. The summed E-state index contributed by atoms with van der Waals surface area (Å²) in [5.41, 5.74) is 1.60. The standard InChI is InChI=1S/C9H19BNSi.Al.2ClH/c1-6-9-8(3)12(4,5)11-10(9)7-2;;;/h6-7H2,1-5H3;;2*1H/q-1;+3;;/p-2. The molecule has 0 bridgehead atoms. The molecule has 0 N–H and O–H groups in total. The molecular weight excluding hydrogens is 259 g/mol. The number of allylic oxidation sites excluding steroid dienone is 2. The fourth-order valence-corrected chi connectivity index (χ4v) is 13.8. The molecule has 1 heterocycles. The van der Waals surface area contributed by atoms with Gasteiger partial charge in [-0.1, -0.05) is 43.9 Å². The van der Waals surface area contributed by atoms with Crippen LogP contribution < -0.4 is 0 Å². The third-order valence-corrected chi connectivity index (χ3v) is 13.3. The minimum absolute atomic E-state index is 0.531. The average molecular weight is 278 g/mol. The first-order valence-corrected chi connectivity index (χ1v) is 12.6. The van der Waals surface area contributed by atoms with Crippen LogP contribution in [0.2, 0.25) is 19.4 Å². The van der Waals surface area contributed by atoms with Gasteiger partial charge in [0.25, 0.3) is 0 Å². The topological polar surface area (TPSA) is 3.24 Å². The van der Waals surface area contributed by atoms with Gasteiger partial charge in [-0.3, -0.25) is 0 Å². The first-order chi connectivity index (χ1) is 6.87. The molecule has 1 rings (SSSR count). The van der Waals surface area contributed by atoms with Crippen molar-refractivity contribution in [3.05, 3.63) is 10.7 Å². The number of halogens is 2. The first-order valence-electron chi connectivity index (χ1n) is 5.64. The summed E-state index contributed by atoms with van der Waals surface area (Å²) in [5, 5.41) is 1.61. The van der Waals surface area contributed by atoms with Crippen molar-refractivity contribution in [3.8, 4) is 0 Å². The van der Waals surface area contributed by atoms with E-state index in [-0.39, 0.29) is 0 Å². The maximum atomic E-state index is 6.27. The van der Waals surface area contributed by atoms with E-state index in [1.165, 1.54) is 0 Å². The molecule has 6 heteroatoms. The zero-order valence-electron chi connectivity index (χ0n) is 10.3. The normalized spacial score (nSPS) is 21.4. The molecule has 0 aromatic carbocycles. The van der Waals surface area contributed by atoms with Crippen LogP contribution in [-0.2, 0) is 0 Å². The number of nitrogens with zero attached hydrogens (tertiary/aromatic N) is 1. The second kappa shape index (κ2) is 5.17. The Bertz CT molecular complexity index is 283. The van der Waals surface area contributed by atoms with Crippen LogP contribution in [0.25, 0.3) is 0 Å². The molecular formula is C9H19AlBCl2NSi. The molecule has 0 unspecified atom stereocenters. The summed E-state index contributed by atoms with van der Waals surface area (Å²) >= 11 is -1.72. The van der Waals surface area contributed by atoms with Crippen LogP contribution in [0.1, 0.15) is 27.2 Å². The van der Waals surface area contributed by atoms with Crippen molar-refractivity contribution in [2.45, 2.75) is 46.6 Å². The summed E-state index contributed by atoms with van der Waals surface area (Å²) in [4.78, 5) is 0. The van der Waals surface area contributed by atoms with Crippen LogP contribution in [0, 0.1) is 0 Å². The fourth-order valence-electron chi connectivity index (χ4n) is 2.72. The molecule has 0 atom stereocenters. The van der Waals surface area contributed by atoms with Gasteiger partial charge in [0, 0.05) is 0 Å². The van der Waals surface area contributed by atoms with E-state index in [1.54, 1.807) is 10.7 Å². The highest BCUT2D eigenvalue weighted by molar-refractivity contribution is 7.37. The Hall–Kier alpha value is 1.09. The van der Waals surface area contributed by atoms with Crippen LogP contribution in [0.3, 0.4) is 0 Å². The van der Waals surface area contributed by atoms with Crippen molar-refractivity contribution >= 4 is 47.7 Å². The number of rotatable bonds is 3. The molecule has 0 aliphatic carbocycles. The molecule has 1 aliphatic rings. The summed E-state index contributed by atoms with van der Waals surface area (Å²) in [6.45, 7) is 12.0. The quantitative estimate of drug-likeness (QED) is 0.710. The molecule has 15 heavy (non-hydrogen) atoms. The highest BCUT2D eigenvalue weighted by Crippen LogP contribution is 2.38. The van der Waals surface area contributed by atoms with Crippen molar-refractivity contribution in [1.82, 2.24) is 3.46 Å². The van der Waals surface area contributed by atoms with E-state index in [0.717, 1.165) is 12.7 Å². The summed E-state index contributed by atoms with van der Waals surface area (Å²) in [6.07, 6.45) is 2.28. The van der Waals surface area contributed by atoms with Gasteiger partial charge in [-0.25, -0.2) is 20.1 Å². The Morgan fingerprint density at radius 1 is 1.33 bits per heavy atom. The van der Waals surface area contributed by atoms with Crippen molar-refractivity contribution in [2.24, 2.45) is 0 Å². The third kappa shape index (κ3) is 2.36. The lowest BCUT2D eigenvalue weighted by atomic mass is 9.53. The van der Waals surface area contributed by atoms with Gasteiger partial charge in [0.05, 0.1) is 0 Å². The maximum absolute atomic E-state index is 6.27. The summed E-state index contributed by atoms with van der Waals surface area (Å²) < 4.78 is 2.49. The van der Waals surface area contributed by atoms with E-state index >= 15 is 0 Å². The van der Waals surface area contributed by atoms with Gasteiger partial charge in [-0.2, -0.15) is 0 Å². The Labute approximate surface area is 108 Å². The molecule has 0 aromatic heterocycles. The van der Waals surface area contributed by atoms with E-state index in [0.29, 0.717) is 6.85 Å². The second-order valence-electron chi connectivity index (χ2n) is 4.67. The van der Waals surface area contributed by atoms with E-state index in [4.69, 9.17) is 20.1 Å². The van der Waals surface area contributed by atoms with Crippen molar-refractivity contribution in [1.29, 1.82) is 0 Å². The molecule has 0 saturated carbocycles. The zero-order chi connectivity index (χ0) is 11.8. The van der Waals surface area contributed by atoms with Gasteiger partial charge < -0.3 is 3.46 Å². The van der Waals surface area contributed by atoms with Crippen LogP contribution in [-0.4, -0.2) is 31.1 Å². The number of hydrogen-bond donors (Lipinski definition) is 0. The molecule has 84 valence electrons. The molecule has 0 radical (unpaired) electrons. The molecule has 1 nitrogen and oxygen atoms in total. The minimum Gasteiger partial charge on any atom is -0.417 e. The summed E-state index contributed by atoms with van der Waals surface area (Å²) in [7, 11) is 11.0. The van der Waals surface area contributed by atoms with Crippen LogP contribution in [0.5, 0.6) is 0 Å². The van der Waals surface area contributed by atoms with Crippen LogP contribution in [0.15, 0.2) is 10.7 Å². The predicted molar refractivity (Wildman–Crippen MR) is 76.0 cm³/mol.